The zero-order valence-electron chi connectivity index (χ0n) is 13.5. The number of halogens is 1. The summed E-state index contributed by atoms with van der Waals surface area (Å²) in [7, 11) is 0. The van der Waals surface area contributed by atoms with Gasteiger partial charge in [-0.15, -0.1) is 0 Å². The van der Waals surface area contributed by atoms with Crippen LogP contribution in [-0.4, -0.2) is 21.1 Å². The van der Waals surface area contributed by atoms with Gasteiger partial charge in [-0.05, 0) is 42.8 Å². The van der Waals surface area contributed by atoms with Gasteiger partial charge in [0.2, 0.25) is 5.91 Å². The second kappa shape index (κ2) is 7.72. The lowest BCUT2D eigenvalue weighted by atomic mass is 10.2. The average molecular weight is 374 g/mol. The van der Waals surface area contributed by atoms with Crippen LogP contribution < -0.4 is 10.9 Å². The average Bonchev–Trinajstić information content (AvgIpc) is 2.61. The zero-order chi connectivity index (χ0) is 17.8. The lowest BCUT2D eigenvalue weighted by molar-refractivity contribution is -0.115. The van der Waals surface area contributed by atoms with Crippen LogP contribution in [0.1, 0.15) is 13.3 Å². The molecule has 0 saturated carbocycles. The number of benzene rings is 2. The molecule has 0 aliphatic rings. The van der Waals surface area contributed by atoms with Gasteiger partial charge in [0, 0.05) is 10.7 Å². The van der Waals surface area contributed by atoms with Crippen molar-refractivity contribution in [3.05, 3.63) is 63.9 Å². The molecule has 1 unspecified atom stereocenters. The van der Waals surface area contributed by atoms with Gasteiger partial charge in [-0.2, -0.15) is 0 Å². The molecule has 3 rings (SSSR count). The van der Waals surface area contributed by atoms with E-state index in [9.17, 15) is 9.59 Å². The van der Waals surface area contributed by atoms with Crippen molar-refractivity contribution in [3.63, 3.8) is 0 Å². The van der Waals surface area contributed by atoms with Gasteiger partial charge in [-0.1, -0.05) is 42.4 Å². The maximum absolute atomic E-state index is 12.5. The molecule has 7 heteroatoms. The zero-order valence-corrected chi connectivity index (χ0v) is 15.0. The van der Waals surface area contributed by atoms with Gasteiger partial charge in [0.1, 0.15) is 0 Å². The van der Waals surface area contributed by atoms with Crippen molar-refractivity contribution in [2.75, 3.05) is 5.32 Å². The number of nitrogens with zero attached hydrogens (tertiary/aromatic N) is 1. The Kier molecular flexibility index (Phi) is 5.40. The Bertz CT molecular complexity index is 956. The van der Waals surface area contributed by atoms with Gasteiger partial charge in [-0.25, -0.2) is 4.98 Å². The summed E-state index contributed by atoms with van der Waals surface area (Å²) in [5.41, 5.74) is 1.08. The van der Waals surface area contributed by atoms with Gasteiger partial charge in [0.15, 0.2) is 5.16 Å². The molecule has 0 aliphatic heterocycles. The van der Waals surface area contributed by atoms with E-state index in [1.807, 2.05) is 13.0 Å². The molecule has 128 valence electrons. The van der Waals surface area contributed by atoms with E-state index in [-0.39, 0.29) is 16.7 Å². The van der Waals surface area contributed by atoms with Crippen LogP contribution in [0.2, 0.25) is 5.02 Å². The second-order valence-electron chi connectivity index (χ2n) is 5.40. The number of carbonyl (C=O) groups excluding carboxylic acids is 1. The Labute approximate surface area is 153 Å². The number of anilines is 1. The highest BCUT2D eigenvalue weighted by Crippen LogP contribution is 2.24. The number of hydrogen-bond acceptors (Lipinski definition) is 4. The first kappa shape index (κ1) is 17.5. The summed E-state index contributed by atoms with van der Waals surface area (Å²) in [6, 6.07) is 14.0. The largest absolute Gasteiger partial charge is 0.325 e. The topological polar surface area (TPSA) is 74.8 Å². The molecule has 1 heterocycles. The van der Waals surface area contributed by atoms with Crippen LogP contribution in [0.3, 0.4) is 0 Å². The summed E-state index contributed by atoms with van der Waals surface area (Å²) in [5.74, 6) is -0.148. The number of thioether (sulfide) groups is 1. The predicted octanol–water partition coefficient (Wildman–Crippen LogP) is 4.09. The second-order valence-corrected chi connectivity index (χ2v) is 7.03. The molecule has 3 aromatic rings. The normalized spacial score (nSPS) is 12.1. The number of fused-ring (bicyclic) bond motifs is 1. The minimum atomic E-state index is -0.375. The van der Waals surface area contributed by atoms with E-state index in [0.717, 1.165) is 0 Å². The number of carbonyl (C=O) groups is 1. The van der Waals surface area contributed by atoms with E-state index >= 15 is 0 Å². The predicted molar refractivity (Wildman–Crippen MR) is 102 cm³/mol. The fourth-order valence-electron chi connectivity index (χ4n) is 2.33. The van der Waals surface area contributed by atoms with E-state index < -0.39 is 0 Å². The van der Waals surface area contributed by atoms with Crippen molar-refractivity contribution in [1.82, 2.24) is 9.97 Å². The number of hydrogen-bond donors (Lipinski definition) is 2. The van der Waals surface area contributed by atoms with Gasteiger partial charge in [-0.3, -0.25) is 9.59 Å². The number of aromatic amines is 1. The smallest absolute Gasteiger partial charge is 0.259 e. The monoisotopic (exact) mass is 373 g/mol. The molecule has 2 aromatic carbocycles. The molecule has 0 bridgehead atoms. The summed E-state index contributed by atoms with van der Waals surface area (Å²) in [6.45, 7) is 1.91. The maximum atomic E-state index is 12.5. The first-order valence-electron chi connectivity index (χ1n) is 7.79. The highest BCUT2D eigenvalue weighted by molar-refractivity contribution is 8.00. The van der Waals surface area contributed by atoms with E-state index in [1.54, 1.807) is 42.5 Å². The van der Waals surface area contributed by atoms with Crippen molar-refractivity contribution in [3.8, 4) is 0 Å². The first-order chi connectivity index (χ1) is 12.1. The molecule has 0 fully saturated rings. The fraction of sp³-hybridized carbons (Fsp3) is 0.167. The van der Waals surface area contributed by atoms with Crippen LogP contribution in [-0.2, 0) is 4.79 Å². The molecule has 0 saturated heterocycles. The van der Waals surface area contributed by atoms with E-state index in [0.29, 0.717) is 33.2 Å². The molecule has 1 atom stereocenters. The standard InChI is InChI=1S/C18H16ClN3O2S/c1-2-15(17(24)20-12-9-7-11(19)8-10-12)25-18-21-14-6-4-3-5-13(14)16(23)22-18/h3-10,15H,2H2,1H3,(H,20,24)(H,21,22,23). The summed E-state index contributed by atoms with van der Waals surface area (Å²) in [6.07, 6.45) is 0.598. The molecule has 0 radical (unpaired) electrons. The van der Waals surface area contributed by atoms with Crippen LogP contribution >= 0.6 is 23.4 Å². The Hall–Kier alpha value is -2.31. The maximum Gasteiger partial charge on any atom is 0.259 e. The summed E-state index contributed by atoms with van der Waals surface area (Å²) in [4.78, 5) is 31.8. The third-order valence-electron chi connectivity index (χ3n) is 3.62. The number of rotatable bonds is 5. The number of para-hydroxylation sites is 1. The third-order valence-corrected chi connectivity index (χ3v) is 5.12. The molecule has 5 nitrogen and oxygen atoms in total. The lowest BCUT2D eigenvalue weighted by Gasteiger charge is -2.14. The first-order valence-corrected chi connectivity index (χ1v) is 9.04. The Morgan fingerprint density at radius 2 is 1.96 bits per heavy atom. The Balaban J connectivity index is 1.78. The number of nitrogens with one attached hydrogen (secondary N) is 2. The number of H-pyrrole nitrogens is 1. The number of aromatic nitrogens is 2. The lowest BCUT2D eigenvalue weighted by Crippen LogP contribution is -2.25. The van der Waals surface area contributed by atoms with Crippen molar-refractivity contribution in [2.24, 2.45) is 0 Å². The van der Waals surface area contributed by atoms with Crippen LogP contribution in [0.25, 0.3) is 10.9 Å². The highest BCUT2D eigenvalue weighted by atomic mass is 35.5. The van der Waals surface area contributed by atoms with Crippen LogP contribution in [0.5, 0.6) is 0 Å². The summed E-state index contributed by atoms with van der Waals surface area (Å²) < 4.78 is 0. The van der Waals surface area contributed by atoms with Crippen molar-refractivity contribution >= 4 is 45.9 Å². The van der Waals surface area contributed by atoms with Crippen LogP contribution in [0, 0.1) is 0 Å². The van der Waals surface area contributed by atoms with Crippen molar-refractivity contribution in [2.45, 2.75) is 23.8 Å². The fourth-order valence-corrected chi connectivity index (χ4v) is 3.36. The van der Waals surface area contributed by atoms with E-state index in [4.69, 9.17) is 11.6 Å². The number of amides is 1. The van der Waals surface area contributed by atoms with E-state index in [1.165, 1.54) is 11.8 Å². The summed E-state index contributed by atoms with van der Waals surface area (Å²) in [5, 5.41) is 4.05. The molecule has 0 spiro atoms. The molecular weight excluding hydrogens is 358 g/mol. The Morgan fingerprint density at radius 1 is 1.24 bits per heavy atom. The van der Waals surface area contributed by atoms with Gasteiger partial charge in [0.05, 0.1) is 16.2 Å². The quantitative estimate of drug-likeness (QED) is 0.522. The van der Waals surface area contributed by atoms with Crippen molar-refractivity contribution in [1.29, 1.82) is 0 Å². The minimum absolute atomic E-state index is 0.148. The van der Waals surface area contributed by atoms with Crippen LogP contribution in [0.15, 0.2) is 58.5 Å². The van der Waals surface area contributed by atoms with Gasteiger partial charge < -0.3 is 10.3 Å². The Morgan fingerprint density at radius 3 is 2.68 bits per heavy atom. The van der Waals surface area contributed by atoms with Crippen LogP contribution in [0.4, 0.5) is 5.69 Å². The molecule has 25 heavy (non-hydrogen) atoms. The van der Waals surface area contributed by atoms with Gasteiger partial charge >= 0.3 is 0 Å². The van der Waals surface area contributed by atoms with Crippen molar-refractivity contribution < 1.29 is 4.79 Å². The summed E-state index contributed by atoms with van der Waals surface area (Å²) >= 11 is 7.09. The molecule has 1 aromatic heterocycles. The third kappa shape index (κ3) is 4.21. The molecule has 2 N–H and O–H groups in total. The SMILES string of the molecule is CCC(Sc1nc2ccccc2c(=O)[nH]1)C(=O)Nc1ccc(Cl)cc1. The molecule has 1 amide bonds. The van der Waals surface area contributed by atoms with Gasteiger partial charge in [0.25, 0.3) is 5.56 Å². The molecule has 0 aliphatic carbocycles. The molecular formula is C18H16ClN3O2S. The minimum Gasteiger partial charge on any atom is -0.325 e. The van der Waals surface area contributed by atoms with E-state index in [2.05, 4.69) is 15.3 Å². The highest BCUT2D eigenvalue weighted by Gasteiger charge is 2.20.